The standard InChI is InChI=1S/C23H28N2O2.C2HF3O2/c1-19-6-5-9-21(12-19)14-24-10-11-27-18-23(16-24)13-22(26)25(17-23)15-20-7-3-2-4-8-20;3-2(4,5)1(6)7/h2-9,12H,10-11,13-18H2,1H3;(H,6,7). The predicted octanol–water partition coefficient (Wildman–Crippen LogP) is 3.88. The molecule has 2 aliphatic rings. The van der Waals surface area contributed by atoms with Gasteiger partial charge in [0.25, 0.3) is 0 Å². The number of halogens is 3. The number of carbonyl (C=O) groups excluding carboxylic acids is 1. The van der Waals surface area contributed by atoms with Crippen LogP contribution in [0.25, 0.3) is 0 Å². The Hall–Kier alpha value is -2.91. The Morgan fingerprint density at radius 2 is 1.74 bits per heavy atom. The van der Waals surface area contributed by atoms with E-state index in [1.165, 1.54) is 16.7 Å². The first-order chi connectivity index (χ1) is 16.1. The van der Waals surface area contributed by atoms with Crippen LogP contribution in [0, 0.1) is 12.3 Å². The van der Waals surface area contributed by atoms with Crippen LogP contribution < -0.4 is 0 Å². The first-order valence-corrected chi connectivity index (χ1v) is 11.0. The molecule has 1 amide bonds. The number of ether oxygens (including phenoxy) is 1. The molecule has 2 aliphatic heterocycles. The van der Waals surface area contributed by atoms with Gasteiger partial charge in [-0.3, -0.25) is 9.69 Å². The maximum Gasteiger partial charge on any atom is 0.490 e. The van der Waals surface area contributed by atoms with Gasteiger partial charge in [0.15, 0.2) is 0 Å². The molecule has 2 saturated heterocycles. The van der Waals surface area contributed by atoms with Gasteiger partial charge in [0.2, 0.25) is 5.91 Å². The van der Waals surface area contributed by atoms with Crippen LogP contribution in [0.2, 0.25) is 0 Å². The van der Waals surface area contributed by atoms with Crippen molar-refractivity contribution in [3.8, 4) is 0 Å². The lowest BCUT2D eigenvalue weighted by Gasteiger charge is -2.31. The van der Waals surface area contributed by atoms with Crippen LogP contribution in [0.1, 0.15) is 23.1 Å². The highest BCUT2D eigenvalue weighted by Crippen LogP contribution is 2.35. The number of carboxylic acids is 1. The Bertz CT molecular complexity index is 984. The number of alkyl halides is 3. The molecule has 6 nitrogen and oxygen atoms in total. The van der Waals surface area contributed by atoms with Crippen LogP contribution >= 0.6 is 0 Å². The van der Waals surface area contributed by atoms with Crippen LogP contribution in [-0.2, 0) is 27.4 Å². The van der Waals surface area contributed by atoms with E-state index in [-0.39, 0.29) is 11.3 Å². The van der Waals surface area contributed by atoms with Crippen molar-refractivity contribution < 1.29 is 32.6 Å². The van der Waals surface area contributed by atoms with E-state index >= 15 is 0 Å². The SMILES string of the molecule is Cc1cccc(CN2CCOCC3(CC(=O)N(Cc4ccccc4)C3)C2)c1.O=C(O)C(F)(F)F. The smallest absolute Gasteiger partial charge is 0.475 e. The lowest BCUT2D eigenvalue weighted by atomic mass is 9.87. The fourth-order valence-electron chi connectivity index (χ4n) is 4.42. The van der Waals surface area contributed by atoms with Gasteiger partial charge in [0, 0.05) is 44.6 Å². The maximum atomic E-state index is 12.7. The summed E-state index contributed by atoms with van der Waals surface area (Å²) in [5.74, 6) is -2.51. The first kappa shape index (κ1) is 25.7. The van der Waals surface area contributed by atoms with Gasteiger partial charge in [-0.25, -0.2) is 4.79 Å². The lowest BCUT2D eigenvalue weighted by molar-refractivity contribution is -0.192. The van der Waals surface area contributed by atoms with Gasteiger partial charge in [-0.05, 0) is 18.1 Å². The van der Waals surface area contributed by atoms with E-state index in [2.05, 4.69) is 48.2 Å². The van der Waals surface area contributed by atoms with E-state index in [1.54, 1.807) is 0 Å². The minimum atomic E-state index is -5.08. The molecular weight excluding hydrogens is 449 g/mol. The van der Waals surface area contributed by atoms with Crippen molar-refractivity contribution in [1.29, 1.82) is 0 Å². The summed E-state index contributed by atoms with van der Waals surface area (Å²) < 4.78 is 37.7. The zero-order valence-electron chi connectivity index (χ0n) is 19.1. The molecular formula is C25H29F3N2O4. The van der Waals surface area contributed by atoms with Crippen LogP contribution in [0.3, 0.4) is 0 Å². The minimum Gasteiger partial charge on any atom is -0.475 e. The number of likely N-dealkylation sites (tertiary alicyclic amines) is 1. The molecule has 2 aromatic rings. The van der Waals surface area contributed by atoms with E-state index in [0.29, 0.717) is 19.6 Å². The summed E-state index contributed by atoms with van der Waals surface area (Å²) in [6.07, 6.45) is -4.50. The number of hydrogen-bond donors (Lipinski definition) is 1. The van der Waals surface area contributed by atoms with Gasteiger partial charge in [-0.1, -0.05) is 60.2 Å². The normalized spacial score (nSPS) is 21.2. The summed E-state index contributed by atoms with van der Waals surface area (Å²) >= 11 is 0. The van der Waals surface area contributed by atoms with Crippen molar-refractivity contribution in [3.05, 3.63) is 71.3 Å². The van der Waals surface area contributed by atoms with Gasteiger partial charge in [0.05, 0.1) is 13.2 Å². The average molecular weight is 479 g/mol. The van der Waals surface area contributed by atoms with Gasteiger partial charge in [-0.15, -0.1) is 0 Å². The molecule has 0 aromatic heterocycles. The van der Waals surface area contributed by atoms with Crippen molar-refractivity contribution in [2.75, 3.05) is 32.8 Å². The predicted molar refractivity (Wildman–Crippen MR) is 120 cm³/mol. The zero-order chi connectivity index (χ0) is 24.8. The number of benzene rings is 2. The van der Waals surface area contributed by atoms with Crippen molar-refractivity contribution in [3.63, 3.8) is 0 Å². The molecule has 2 heterocycles. The van der Waals surface area contributed by atoms with Crippen molar-refractivity contribution in [2.24, 2.45) is 5.41 Å². The van der Waals surface area contributed by atoms with E-state index in [4.69, 9.17) is 14.6 Å². The Labute approximate surface area is 196 Å². The van der Waals surface area contributed by atoms with Gasteiger partial charge < -0.3 is 14.7 Å². The second-order valence-electron chi connectivity index (χ2n) is 8.97. The Morgan fingerprint density at radius 1 is 1.06 bits per heavy atom. The maximum absolute atomic E-state index is 12.7. The molecule has 0 aliphatic carbocycles. The largest absolute Gasteiger partial charge is 0.490 e. The second-order valence-corrected chi connectivity index (χ2v) is 8.97. The minimum absolute atomic E-state index is 0.0911. The highest BCUT2D eigenvalue weighted by atomic mass is 19.4. The molecule has 34 heavy (non-hydrogen) atoms. The van der Waals surface area contributed by atoms with Crippen LogP contribution in [0.4, 0.5) is 13.2 Å². The average Bonchev–Trinajstić information content (AvgIpc) is 2.93. The molecule has 0 bridgehead atoms. The molecule has 1 atom stereocenters. The van der Waals surface area contributed by atoms with Gasteiger partial charge >= 0.3 is 12.1 Å². The Balaban J connectivity index is 0.000000406. The molecule has 1 spiro atoms. The molecule has 0 saturated carbocycles. The van der Waals surface area contributed by atoms with E-state index in [9.17, 15) is 18.0 Å². The fourth-order valence-corrected chi connectivity index (χ4v) is 4.42. The summed E-state index contributed by atoms with van der Waals surface area (Å²) in [5, 5.41) is 7.12. The van der Waals surface area contributed by atoms with E-state index in [0.717, 1.165) is 32.8 Å². The molecule has 2 aromatic carbocycles. The first-order valence-electron chi connectivity index (χ1n) is 11.0. The highest BCUT2D eigenvalue weighted by Gasteiger charge is 2.45. The third kappa shape index (κ3) is 7.30. The van der Waals surface area contributed by atoms with Crippen LogP contribution in [0.5, 0.6) is 0 Å². The molecule has 184 valence electrons. The van der Waals surface area contributed by atoms with Gasteiger partial charge in [-0.2, -0.15) is 13.2 Å². The zero-order valence-corrected chi connectivity index (χ0v) is 19.1. The lowest BCUT2D eigenvalue weighted by Crippen LogP contribution is -2.40. The van der Waals surface area contributed by atoms with Crippen molar-refractivity contribution in [2.45, 2.75) is 32.6 Å². The molecule has 9 heteroatoms. The van der Waals surface area contributed by atoms with Gasteiger partial charge in [0.1, 0.15) is 0 Å². The third-order valence-corrected chi connectivity index (χ3v) is 5.87. The molecule has 2 fully saturated rings. The third-order valence-electron chi connectivity index (χ3n) is 5.87. The van der Waals surface area contributed by atoms with E-state index in [1.807, 2.05) is 23.1 Å². The van der Waals surface area contributed by atoms with Crippen molar-refractivity contribution >= 4 is 11.9 Å². The summed E-state index contributed by atoms with van der Waals surface area (Å²) in [6, 6.07) is 18.9. The Morgan fingerprint density at radius 3 is 2.38 bits per heavy atom. The highest BCUT2D eigenvalue weighted by molar-refractivity contribution is 5.79. The molecule has 0 radical (unpaired) electrons. The number of rotatable bonds is 4. The monoisotopic (exact) mass is 478 g/mol. The number of nitrogens with zero attached hydrogens (tertiary/aromatic N) is 2. The number of amides is 1. The Kier molecular flexibility index (Phi) is 8.33. The number of aryl methyl sites for hydroxylation is 1. The van der Waals surface area contributed by atoms with Crippen LogP contribution in [-0.4, -0.2) is 65.8 Å². The quantitative estimate of drug-likeness (QED) is 0.723. The number of aliphatic carboxylic acids is 1. The summed E-state index contributed by atoms with van der Waals surface area (Å²) in [7, 11) is 0. The molecule has 4 rings (SSSR count). The number of carbonyl (C=O) groups is 2. The number of carboxylic acid groups (broad SMARTS) is 1. The van der Waals surface area contributed by atoms with E-state index < -0.39 is 12.1 Å². The summed E-state index contributed by atoms with van der Waals surface area (Å²) in [5.41, 5.74) is 3.72. The topological polar surface area (TPSA) is 70.1 Å². The van der Waals surface area contributed by atoms with Crippen molar-refractivity contribution in [1.82, 2.24) is 9.80 Å². The number of hydrogen-bond acceptors (Lipinski definition) is 4. The second kappa shape index (κ2) is 11.0. The summed E-state index contributed by atoms with van der Waals surface area (Å²) in [4.78, 5) is 26.1. The van der Waals surface area contributed by atoms with Crippen LogP contribution in [0.15, 0.2) is 54.6 Å². The fraction of sp³-hybridized carbons (Fsp3) is 0.440. The summed E-state index contributed by atoms with van der Waals surface area (Å²) in [6.45, 7) is 7.77. The molecule has 1 N–H and O–H groups in total. The molecule has 1 unspecified atom stereocenters.